The maximum atomic E-state index is 8.82. The zero-order chi connectivity index (χ0) is 10.4. The highest BCUT2D eigenvalue weighted by atomic mass is 16.7. The number of aliphatic hydroxyl groups is 1. The Morgan fingerprint density at radius 2 is 2.00 bits per heavy atom. The molecule has 0 bridgehead atoms. The molecule has 1 fully saturated rings. The Bertz CT molecular complexity index is 210. The molecule has 0 unspecified atom stereocenters. The Morgan fingerprint density at radius 3 is 2.43 bits per heavy atom. The van der Waals surface area contributed by atoms with Gasteiger partial charge in [0, 0.05) is 25.7 Å². The van der Waals surface area contributed by atoms with Gasteiger partial charge in [0.1, 0.15) is 0 Å². The number of hydrogen-bond donors (Lipinski definition) is 1. The summed E-state index contributed by atoms with van der Waals surface area (Å²) in [4.78, 5) is 0. The van der Waals surface area contributed by atoms with E-state index >= 15 is 0 Å². The quantitative estimate of drug-likeness (QED) is 0.529. The van der Waals surface area contributed by atoms with Gasteiger partial charge in [0.05, 0.1) is 0 Å². The van der Waals surface area contributed by atoms with Gasteiger partial charge >= 0.3 is 0 Å². The number of hydrogen-bond acceptors (Lipinski definition) is 3. The van der Waals surface area contributed by atoms with E-state index in [9.17, 15) is 0 Å². The molecule has 0 heterocycles. The molecule has 0 aromatic rings. The van der Waals surface area contributed by atoms with E-state index in [1.54, 1.807) is 0 Å². The first-order valence-corrected chi connectivity index (χ1v) is 5.16. The average Bonchev–Trinajstić information content (AvgIpc) is 2.93. The molecule has 1 aliphatic carbocycles. The average molecular weight is 198 g/mol. The van der Waals surface area contributed by atoms with Crippen molar-refractivity contribution in [3.05, 3.63) is 0 Å². The van der Waals surface area contributed by atoms with Crippen LogP contribution in [0.2, 0.25) is 0 Å². The van der Waals surface area contributed by atoms with Gasteiger partial charge in [-0.25, -0.2) is 0 Å². The molecule has 0 aromatic carbocycles. The third kappa shape index (κ3) is 3.67. The van der Waals surface area contributed by atoms with Crippen LogP contribution < -0.4 is 0 Å². The first kappa shape index (κ1) is 11.5. The van der Waals surface area contributed by atoms with Gasteiger partial charge < -0.3 is 14.6 Å². The second-order valence-corrected chi connectivity index (χ2v) is 3.32. The molecule has 14 heavy (non-hydrogen) atoms. The van der Waals surface area contributed by atoms with E-state index < -0.39 is 6.29 Å². The molecular formula is C11H18O3. The summed E-state index contributed by atoms with van der Waals surface area (Å²) in [5, 5.41) is 8.82. The van der Waals surface area contributed by atoms with Crippen molar-refractivity contribution in [3.63, 3.8) is 0 Å². The van der Waals surface area contributed by atoms with Crippen molar-refractivity contribution in [1.29, 1.82) is 0 Å². The van der Waals surface area contributed by atoms with E-state index in [0.717, 1.165) is 6.42 Å². The molecule has 0 aromatic heterocycles. The molecule has 1 rings (SSSR count). The van der Waals surface area contributed by atoms with E-state index in [1.165, 1.54) is 0 Å². The number of aliphatic hydroxyl groups excluding tert-OH is 1. The summed E-state index contributed by atoms with van der Waals surface area (Å²) in [5.74, 6) is 6.74. The molecule has 2 atom stereocenters. The standard InChI is InChI=1S/C11H18O3/c1-3-13-11(14-4-2)6-5-9-7-10(9)8-12/h9-12H,3-4,7-8H2,1-2H3/t9-,10-/m0/s1. The maximum Gasteiger partial charge on any atom is 0.222 e. The van der Waals surface area contributed by atoms with Crippen molar-refractivity contribution in [2.75, 3.05) is 19.8 Å². The maximum absolute atomic E-state index is 8.82. The van der Waals surface area contributed by atoms with Crippen molar-refractivity contribution >= 4 is 0 Å². The van der Waals surface area contributed by atoms with Gasteiger partial charge in [0.2, 0.25) is 6.29 Å². The molecule has 1 aliphatic rings. The fourth-order valence-corrected chi connectivity index (χ4v) is 1.24. The summed E-state index contributed by atoms with van der Waals surface area (Å²) in [6.45, 7) is 5.29. The van der Waals surface area contributed by atoms with Gasteiger partial charge in [-0.3, -0.25) is 0 Å². The lowest BCUT2D eigenvalue weighted by Gasteiger charge is -2.09. The number of rotatable bonds is 5. The van der Waals surface area contributed by atoms with Crippen LogP contribution in [0.15, 0.2) is 0 Å². The molecule has 0 aliphatic heterocycles. The van der Waals surface area contributed by atoms with Crippen molar-refractivity contribution in [2.24, 2.45) is 11.8 Å². The lowest BCUT2D eigenvalue weighted by Crippen LogP contribution is -2.14. The Kier molecular flexibility index (Phi) is 4.95. The van der Waals surface area contributed by atoms with Crippen LogP contribution >= 0.6 is 0 Å². The van der Waals surface area contributed by atoms with E-state index in [-0.39, 0.29) is 6.61 Å². The normalized spacial score (nSPS) is 24.6. The Morgan fingerprint density at radius 1 is 1.36 bits per heavy atom. The highest BCUT2D eigenvalue weighted by Gasteiger charge is 2.34. The zero-order valence-corrected chi connectivity index (χ0v) is 8.82. The second kappa shape index (κ2) is 6.02. The lowest BCUT2D eigenvalue weighted by molar-refractivity contribution is -0.0970. The van der Waals surface area contributed by atoms with Crippen LogP contribution in [0.1, 0.15) is 20.3 Å². The van der Waals surface area contributed by atoms with E-state index in [0.29, 0.717) is 25.0 Å². The predicted octanol–water partition coefficient (Wildman–Crippen LogP) is 1.02. The second-order valence-electron chi connectivity index (χ2n) is 3.32. The zero-order valence-electron chi connectivity index (χ0n) is 8.82. The third-order valence-electron chi connectivity index (χ3n) is 2.18. The van der Waals surface area contributed by atoms with Gasteiger partial charge in [-0.2, -0.15) is 0 Å². The van der Waals surface area contributed by atoms with Crippen LogP contribution in [0.25, 0.3) is 0 Å². The lowest BCUT2D eigenvalue weighted by atomic mass is 10.3. The van der Waals surface area contributed by atoms with Crippen LogP contribution in [0, 0.1) is 23.7 Å². The summed E-state index contributed by atoms with van der Waals surface area (Å²) in [6.07, 6.45) is 0.610. The van der Waals surface area contributed by atoms with Crippen LogP contribution in [0.4, 0.5) is 0 Å². The van der Waals surface area contributed by atoms with Crippen LogP contribution in [0.3, 0.4) is 0 Å². The van der Waals surface area contributed by atoms with E-state index in [4.69, 9.17) is 14.6 Å². The van der Waals surface area contributed by atoms with Crippen LogP contribution in [-0.4, -0.2) is 31.2 Å². The highest BCUT2D eigenvalue weighted by Crippen LogP contribution is 2.36. The molecule has 3 nitrogen and oxygen atoms in total. The number of ether oxygens (including phenoxy) is 2. The first-order valence-electron chi connectivity index (χ1n) is 5.16. The van der Waals surface area contributed by atoms with Crippen molar-refractivity contribution in [1.82, 2.24) is 0 Å². The highest BCUT2D eigenvalue weighted by molar-refractivity contribution is 5.14. The molecule has 0 amide bonds. The largest absolute Gasteiger partial charge is 0.396 e. The SMILES string of the molecule is CCOC(C#C[C@H]1C[C@H]1CO)OCC. The third-order valence-corrected chi connectivity index (χ3v) is 2.18. The minimum absolute atomic E-state index is 0.243. The van der Waals surface area contributed by atoms with Gasteiger partial charge in [-0.15, -0.1) is 0 Å². The van der Waals surface area contributed by atoms with Gasteiger partial charge in [-0.05, 0) is 32.1 Å². The minimum atomic E-state index is -0.398. The molecule has 0 radical (unpaired) electrons. The molecule has 80 valence electrons. The summed E-state index contributed by atoms with van der Waals surface area (Å²) < 4.78 is 10.5. The topological polar surface area (TPSA) is 38.7 Å². The molecule has 1 N–H and O–H groups in total. The fourth-order valence-electron chi connectivity index (χ4n) is 1.24. The smallest absolute Gasteiger partial charge is 0.222 e. The summed E-state index contributed by atoms with van der Waals surface area (Å²) in [7, 11) is 0. The van der Waals surface area contributed by atoms with Gasteiger partial charge in [0.25, 0.3) is 0 Å². The van der Waals surface area contributed by atoms with Crippen LogP contribution in [-0.2, 0) is 9.47 Å². The fraction of sp³-hybridized carbons (Fsp3) is 0.818. The van der Waals surface area contributed by atoms with Crippen molar-refractivity contribution in [3.8, 4) is 11.8 Å². The molecule has 0 saturated heterocycles. The first-order chi connectivity index (χ1) is 6.81. The Hall–Kier alpha value is -0.560. The van der Waals surface area contributed by atoms with Gasteiger partial charge in [-0.1, -0.05) is 5.92 Å². The van der Waals surface area contributed by atoms with Crippen molar-refractivity contribution in [2.45, 2.75) is 26.6 Å². The van der Waals surface area contributed by atoms with Gasteiger partial charge in [0.15, 0.2) is 0 Å². The summed E-state index contributed by atoms with van der Waals surface area (Å²) in [6, 6.07) is 0. The van der Waals surface area contributed by atoms with E-state index in [1.807, 2.05) is 13.8 Å². The molecule has 0 spiro atoms. The molecule has 1 saturated carbocycles. The predicted molar refractivity (Wildman–Crippen MR) is 53.5 cm³/mol. The Balaban J connectivity index is 2.30. The van der Waals surface area contributed by atoms with Crippen LogP contribution in [0.5, 0.6) is 0 Å². The molecule has 3 heteroatoms. The Labute approximate surface area is 85.4 Å². The monoisotopic (exact) mass is 198 g/mol. The van der Waals surface area contributed by atoms with E-state index in [2.05, 4.69) is 11.8 Å². The summed E-state index contributed by atoms with van der Waals surface area (Å²) >= 11 is 0. The minimum Gasteiger partial charge on any atom is -0.396 e. The summed E-state index contributed by atoms with van der Waals surface area (Å²) in [5.41, 5.74) is 0. The molecular weight excluding hydrogens is 180 g/mol. The van der Waals surface area contributed by atoms with Crippen molar-refractivity contribution < 1.29 is 14.6 Å².